The zero-order valence-corrected chi connectivity index (χ0v) is 30.9. The second-order valence-electron chi connectivity index (χ2n) is 14.3. The first-order valence-electron chi connectivity index (χ1n) is 17.9. The number of furan rings is 1. The summed E-state index contributed by atoms with van der Waals surface area (Å²) in [6, 6.07) is 53.7. The number of nitrogens with zero attached hydrogens (tertiary/aromatic N) is 3. The van der Waals surface area contributed by atoms with Crippen molar-refractivity contribution in [3.8, 4) is 56.4 Å². The number of thiophene rings is 1. The molecule has 1 aliphatic heterocycles. The van der Waals surface area contributed by atoms with E-state index in [4.69, 9.17) is 19.4 Å². The number of benzene rings is 7. The average molecular weight is 714 g/mol. The van der Waals surface area contributed by atoms with Crippen molar-refractivity contribution in [2.75, 3.05) is 0 Å². The normalized spacial score (nSPS) is 13.2. The van der Waals surface area contributed by atoms with E-state index in [1.807, 2.05) is 12.1 Å². The molecule has 0 saturated carbocycles. The van der Waals surface area contributed by atoms with Gasteiger partial charge < -0.3 is 4.42 Å². The number of aromatic nitrogens is 3. The van der Waals surface area contributed by atoms with E-state index in [0.29, 0.717) is 17.5 Å². The van der Waals surface area contributed by atoms with Gasteiger partial charge in [-0.2, -0.15) is 0 Å². The highest BCUT2D eigenvalue weighted by molar-refractivity contribution is 7.26. The highest BCUT2D eigenvalue weighted by atomic mass is 32.1. The molecule has 0 saturated heterocycles. The van der Waals surface area contributed by atoms with Crippen LogP contribution in [0.1, 0.15) is 0 Å². The summed E-state index contributed by atoms with van der Waals surface area (Å²) in [6.45, 7) is 4.88. The van der Waals surface area contributed by atoms with E-state index >= 15 is 0 Å². The van der Waals surface area contributed by atoms with Crippen LogP contribution in [0, 0.1) is 0 Å². The number of para-hydroxylation sites is 1. The number of hydrogen-bond donors (Lipinski definition) is 0. The van der Waals surface area contributed by atoms with E-state index in [-0.39, 0.29) is 0 Å². The maximum Gasteiger partial charge on any atom is 0.165 e. The molecule has 0 bridgehead atoms. The highest BCUT2D eigenvalue weighted by Gasteiger charge is 2.40. The minimum absolute atomic E-state index is 0.643. The smallest absolute Gasteiger partial charge is 0.165 e. The zero-order chi connectivity index (χ0) is 35.3. The van der Waals surface area contributed by atoms with E-state index in [1.54, 1.807) is 11.3 Å². The Kier molecular flexibility index (Phi) is 6.54. The van der Waals surface area contributed by atoms with Gasteiger partial charge in [0, 0.05) is 53.2 Å². The van der Waals surface area contributed by atoms with Crippen LogP contribution in [0.4, 0.5) is 0 Å². The number of rotatable bonds is 4. The lowest BCUT2D eigenvalue weighted by atomic mass is 9.98. The first kappa shape index (κ1) is 30.4. The third kappa shape index (κ3) is 4.56. The molecule has 4 heterocycles. The standard InChI is InChI=1S/C47H31N3OSSi/c1-53(2)39-22-11-8-17-34(39)42-40(53)27-36(41-33-16-6-9-20-37(33)51-43(41)42)47-49-45(30-25-23-29(24-26-30)28-13-4-3-5-14-28)48-46(50-47)35-19-12-18-32-31-15-7-10-21-38(31)52-44(32)35/h3-27H,1-2H3. The Hall–Kier alpha value is -6.21. The maximum atomic E-state index is 6.84. The summed E-state index contributed by atoms with van der Waals surface area (Å²) in [5, 5.41) is 7.35. The molecule has 4 nitrogen and oxygen atoms in total. The molecule has 0 aliphatic carbocycles. The van der Waals surface area contributed by atoms with E-state index in [2.05, 4.69) is 153 Å². The second-order valence-corrected chi connectivity index (χ2v) is 19.7. The van der Waals surface area contributed by atoms with Crippen LogP contribution < -0.4 is 10.4 Å². The molecule has 1 aliphatic rings. The summed E-state index contributed by atoms with van der Waals surface area (Å²) in [5.74, 6) is 1.95. The van der Waals surface area contributed by atoms with Gasteiger partial charge in [0.25, 0.3) is 0 Å². The van der Waals surface area contributed by atoms with Gasteiger partial charge in [0.2, 0.25) is 0 Å². The SMILES string of the molecule is C[Si]1(C)c2ccccc2-c2c1cc(-c1nc(-c3ccc(-c4ccccc4)cc3)nc(-c3cccc4c3sc3ccccc34)n1)c1c2oc2ccccc21. The molecule has 0 radical (unpaired) electrons. The third-order valence-corrected chi connectivity index (χ3v) is 15.7. The molecule has 53 heavy (non-hydrogen) atoms. The van der Waals surface area contributed by atoms with Crippen LogP contribution in [-0.2, 0) is 0 Å². The predicted molar refractivity (Wildman–Crippen MR) is 224 cm³/mol. The largest absolute Gasteiger partial charge is 0.455 e. The van der Waals surface area contributed by atoms with Crippen molar-refractivity contribution in [2.24, 2.45) is 0 Å². The molecular weight excluding hydrogens is 683 g/mol. The van der Waals surface area contributed by atoms with Crippen molar-refractivity contribution >= 4 is 71.9 Å². The highest BCUT2D eigenvalue weighted by Crippen LogP contribution is 2.44. The fourth-order valence-electron chi connectivity index (χ4n) is 8.34. The van der Waals surface area contributed by atoms with Gasteiger partial charge in [0.1, 0.15) is 19.2 Å². The molecule has 0 amide bonds. The lowest BCUT2D eigenvalue weighted by molar-refractivity contribution is 0.670. The monoisotopic (exact) mass is 713 g/mol. The molecule has 0 fully saturated rings. The Morgan fingerprint density at radius 1 is 0.491 bits per heavy atom. The molecule has 6 heteroatoms. The van der Waals surface area contributed by atoms with Crippen LogP contribution in [0.2, 0.25) is 13.1 Å². The van der Waals surface area contributed by atoms with E-state index in [9.17, 15) is 0 Å². The third-order valence-electron chi connectivity index (χ3n) is 11.0. The number of hydrogen-bond acceptors (Lipinski definition) is 5. The molecule has 0 N–H and O–H groups in total. The summed E-state index contributed by atoms with van der Waals surface area (Å²) in [7, 11) is -2.09. The van der Waals surface area contributed by atoms with Gasteiger partial charge in [-0.15, -0.1) is 11.3 Å². The fraction of sp³-hybridized carbons (Fsp3) is 0.0426. The quantitative estimate of drug-likeness (QED) is 0.170. The molecular formula is C47H31N3OSSi. The summed E-state index contributed by atoms with van der Waals surface area (Å²) >= 11 is 1.79. The van der Waals surface area contributed by atoms with E-state index < -0.39 is 8.07 Å². The molecule has 0 spiro atoms. The van der Waals surface area contributed by atoms with Crippen LogP contribution in [0.5, 0.6) is 0 Å². The van der Waals surface area contributed by atoms with Crippen LogP contribution >= 0.6 is 11.3 Å². The molecule has 0 atom stereocenters. The van der Waals surface area contributed by atoms with Gasteiger partial charge in [-0.3, -0.25) is 0 Å². The van der Waals surface area contributed by atoms with Crippen molar-refractivity contribution in [2.45, 2.75) is 13.1 Å². The van der Waals surface area contributed by atoms with Crippen molar-refractivity contribution in [1.82, 2.24) is 15.0 Å². The lowest BCUT2D eigenvalue weighted by Gasteiger charge is -2.19. The van der Waals surface area contributed by atoms with Gasteiger partial charge in [-0.05, 0) is 51.3 Å². The van der Waals surface area contributed by atoms with Gasteiger partial charge in [0.05, 0.1) is 0 Å². The first-order valence-corrected chi connectivity index (χ1v) is 21.8. The Bertz CT molecular complexity index is 3090. The van der Waals surface area contributed by atoms with Crippen molar-refractivity contribution in [1.29, 1.82) is 0 Å². The fourth-order valence-corrected chi connectivity index (χ4v) is 12.6. The Labute approximate surface area is 311 Å². The maximum absolute atomic E-state index is 6.84. The van der Waals surface area contributed by atoms with Gasteiger partial charge in [-0.1, -0.05) is 140 Å². The molecule has 10 aromatic rings. The summed E-state index contributed by atoms with van der Waals surface area (Å²) in [4.78, 5) is 16.0. The Morgan fingerprint density at radius 2 is 1.11 bits per heavy atom. The summed E-state index contributed by atoms with van der Waals surface area (Å²) in [6.07, 6.45) is 0. The van der Waals surface area contributed by atoms with Crippen molar-refractivity contribution in [3.05, 3.63) is 152 Å². The van der Waals surface area contributed by atoms with Crippen LogP contribution in [0.3, 0.4) is 0 Å². The van der Waals surface area contributed by atoms with E-state index in [0.717, 1.165) is 44.2 Å². The lowest BCUT2D eigenvalue weighted by Crippen LogP contribution is -2.49. The zero-order valence-electron chi connectivity index (χ0n) is 29.1. The van der Waals surface area contributed by atoms with Crippen LogP contribution in [0.15, 0.2) is 156 Å². The van der Waals surface area contributed by atoms with Gasteiger partial charge in [-0.25, -0.2) is 15.0 Å². The second kappa shape index (κ2) is 11.4. The molecule has 0 unspecified atom stereocenters. The summed E-state index contributed by atoms with van der Waals surface area (Å²) in [5.41, 5.74) is 9.51. The van der Waals surface area contributed by atoms with Crippen molar-refractivity contribution in [3.63, 3.8) is 0 Å². The minimum Gasteiger partial charge on any atom is -0.455 e. The first-order chi connectivity index (χ1) is 26.0. The average Bonchev–Trinajstić information content (AvgIpc) is 3.86. The topological polar surface area (TPSA) is 51.8 Å². The van der Waals surface area contributed by atoms with Crippen LogP contribution in [0.25, 0.3) is 98.5 Å². The minimum atomic E-state index is -2.09. The van der Waals surface area contributed by atoms with Crippen LogP contribution in [-0.4, -0.2) is 23.0 Å². The summed E-state index contributed by atoms with van der Waals surface area (Å²) < 4.78 is 9.26. The van der Waals surface area contributed by atoms with Crippen molar-refractivity contribution < 1.29 is 4.42 Å². The molecule has 7 aromatic carbocycles. The molecule has 11 rings (SSSR count). The molecule has 250 valence electrons. The van der Waals surface area contributed by atoms with Gasteiger partial charge >= 0.3 is 0 Å². The Balaban J connectivity index is 1.21. The van der Waals surface area contributed by atoms with Gasteiger partial charge in [0.15, 0.2) is 17.5 Å². The Morgan fingerprint density at radius 3 is 1.96 bits per heavy atom. The number of fused-ring (bicyclic) bond motifs is 10. The molecule has 3 aromatic heterocycles. The predicted octanol–water partition coefficient (Wildman–Crippen LogP) is 11.6. The van der Waals surface area contributed by atoms with E-state index in [1.165, 1.54) is 47.2 Å².